The number of ketones is 1. The van der Waals surface area contributed by atoms with E-state index in [1.54, 1.807) is 13.8 Å². The first-order chi connectivity index (χ1) is 14.6. The van der Waals surface area contributed by atoms with E-state index in [1.165, 1.54) is 23.0 Å². The normalized spacial score (nSPS) is 10.6. The molecule has 0 saturated carbocycles. The number of rotatable bonds is 9. The molecule has 0 fully saturated rings. The summed E-state index contributed by atoms with van der Waals surface area (Å²) in [7, 11) is 0. The van der Waals surface area contributed by atoms with E-state index in [0.717, 1.165) is 17.6 Å². The summed E-state index contributed by atoms with van der Waals surface area (Å²) in [6.45, 7) is 11.5. The van der Waals surface area contributed by atoms with Gasteiger partial charge < -0.3 is 4.74 Å². The molecule has 0 amide bonds. The summed E-state index contributed by atoms with van der Waals surface area (Å²) < 4.78 is 7.00. The number of carbonyl (C=O) groups excluding carboxylic acids is 2. The molecule has 8 nitrogen and oxygen atoms in total. The van der Waals surface area contributed by atoms with Gasteiger partial charge in [-0.3, -0.25) is 19.7 Å². The summed E-state index contributed by atoms with van der Waals surface area (Å²) in [5, 5.41) is 15.8. The van der Waals surface area contributed by atoms with Gasteiger partial charge in [0.25, 0.3) is 5.69 Å². The Labute approximate surface area is 182 Å². The Bertz CT molecular complexity index is 1050. The lowest BCUT2D eigenvalue weighted by Gasteiger charge is -2.14. The van der Waals surface area contributed by atoms with Gasteiger partial charge >= 0.3 is 5.97 Å². The quantitative estimate of drug-likeness (QED) is 0.234. The molecule has 31 heavy (non-hydrogen) atoms. The van der Waals surface area contributed by atoms with Gasteiger partial charge in [0.05, 0.1) is 16.7 Å². The summed E-state index contributed by atoms with van der Waals surface area (Å²) in [5.74, 6) is -0.712. The highest BCUT2D eigenvalue weighted by atomic mass is 16.6. The first-order valence-electron chi connectivity index (χ1n) is 10.4. The molecule has 0 saturated heterocycles. The van der Waals surface area contributed by atoms with Crippen LogP contribution in [0, 0.1) is 17.0 Å². The number of aromatic nitrogens is 2. The summed E-state index contributed by atoms with van der Waals surface area (Å²) in [6, 6.07) is 2.80. The van der Waals surface area contributed by atoms with Crippen molar-refractivity contribution >= 4 is 23.0 Å². The minimum absolute atomic E-state index is 0.0518. The maximum Gasteiger partial charge on any atom is 0.312 e. The van der Waals surface area contributed by atoms with E-state index in [4.69, 9.17) is 4.74 Å². The zero-order valence-corrected chi connectivity index (χ0v) is 18.9. The van der Waals surface area contributed by atoms with E-state index >= 15 is 0 Å². The Hall–Kier alpha value is -3.29. The molecule has 0 bridgehead atoms. The second-order valence-electron chi connectivity index (χ2n) is 7.65. The Morgan fingerprint density at radius 2 is 1.81 bits per heavy atom. The van der Waals surface area contributed by atoms with Crippen LogP contribution in [0.25, 0.3) is 5.57 Å². The zero-order valence-electron chi connectivity index (χ0n) is 18.9. The van der Waals surface area contributed by atoms with Gasteiger partial charge in [-0.2, -0.15) is 5.10 Å². The SMILES string of the molecule is CCCC(=O)Oc1c(C(=O)c2ccc([N+](=O)[O-])c(C(C)=C(C)C)c2C)cnn1CCC. The molecule has 0 aliphatic rings. The van der Waals surface area contributed by atoms with Gasteiger partial charge in [0.1, 0.15) is 5.56 Å². The van der Waals surface area contributed by atoms with Gasteiger partial charge in [0.15, 0.2) is 5.78 Å². The van der Waals surface area contributed by atoms with Crippen LogP contribution in [0.4, 0.5) is 5.69 Å². The van der Waals surface area contributed by atoms with E-state index in [9.17, 15) is 19.7 Å². The second-order valence-corrected chi connectivity index (χ2v) is 7.65. The van der Waals surface area contributed by atoms with Crippen LogP contribution >= 0.6 is 0 Å². The van der Waals surface area contributed by atoms with Crippen molar-refractivity contribution in [3.05, 3.63) is 56.3 Å². The van der Waals surface area contributed by atoms with Gasteiger partial charge in [-0.15, -0.1) is 0 Å². The molecule has 0 aliphatic heterocycles. The molecule has 1 heterocycles. The van der Waals surface area contributed by atoms with Crippen molar-refractivity contribution in [3.63, 3.8) is 0 Å². The van der Waals surface area contributed by atoms with Crippen LogP contribution < -0.4 is 4.74 Å². The van der Waals surface area contributed by atoms with Crippen LogP contribution in [-0.2, 0) is 11.3 Å². The maximum atomic E-state index is 13.4. The standard InChI is InChI=1S/C23H29N3O5/c1-7-9-20(27)31-23-18(13-24-25(23)12-8-2)22(28)17-10-11-19(26(29)30)21(16(17)6)15(5)14(3)4/h10-11,13H,7-9,12H2,1-6H3. The topological polar surface area (TPSA) is 104 Å². The monoisotopic (exact) mass is 427 g/mol. The van der Waals surface area contributed by atoms with Crippen LogP contribution in [-0.4, -0.2) is 26.5 Å². The molecule has 0 N–H and O–H groups in total. The van der Waals surface area contributed by atoms with Gasteiger partial charge in [0.2, 0.25) is 5.88 Å². The van der Waals surface area contributed by atoms with Gasteiger partial charge in [-0.05, 0) is 57.7 Å². The summed E-state index contributed by atoms with van der Waals surface area (Å²) in [4.78, 5) is 36.7. The summed E-state index contributed by atoms with van der Waals surface area (Å²) >= 11 is 0. The van der Waals surface area contributed by atoms with Crippen LogP contribution in [0.15, 0.2) is 23.9 Å². The van der Waals surface area contributed by atoms with E-state index in [2.05, 4.69) is 5.10 Å². The highest BCUT2D eigenvalue weighted by Crippen LogP contribution is 2.34. The van der Waals surface area contributed by atoms with Crippen molar-refractivity contribution in [2.24, 2.45) is 0 Å². The molecule has 0 unspecified atom stereocenters. The number of aryl methyl sites for hydroxylation is 1. The second kappa shape index (κ2) is 10.1. The fourth-order valence-electron chi connectivity index (χ4n) is 3.34. The molecule has 8 heteroatoms. The lowest BCUT2D eigenvalue weighted by Crippen LogP contribution is -2.15. The van der Waals surface area contributed by atoms with E-state index in [1.807, 2.05) is 27.7 Å². The third kappa shape index (κ3) is 5.07. The first kappa shape index (κ1) is 24.0. The van der Waals surface area contributed by atoms with Gasteiger partial charge in [-0.25, -0.2) is 4.68 Å². The van der Waals surface area contributed by atoms with Crippen molar-refractivity contribution in [2.75, 3.05) is 0 Å². The molecule has 2 rings (SSSR count). The molecular formula is C23H29N3O5. The van der Waals surface area contributed by atoms with E-state index < -0.39 is 16.7 Å². The van der Waals surface area contributed by atoms with Crippen LogP contribution in [0.2, 0.25) is 0 Å². The van der Waals surface area contributed by atoms with Crippen LogP contribution in [0.5, 0.6) is 5.88 Å². The third-order valence-electron chi connectivity index (χ3n) is 5.15. The number of ether oxygens (including phenoxy) is 1. The van der Waals surface area contributed by atoms with Crippen LogP contribution in [0.3, 0.4) is 0 Å². The number of hydrogen-bond acceptors (Lipinski definition) is 6. The van der Waals surface area contributed by atoms with E-state index in [0.29, 0.717) is 29.7 Å². The Balaban J connectivity index is 2.65. The number of benzene rings is 1. The number of allylic oxidation sites excluding steroid dienone is 2. The minimum atomic E-state index is -0.444. The Morgan fingerprint density at radius 3 is 2.35 bits per heavy atom. The average molecular weight is 428 g/mol. The van der Waals surface area contributed by atoms with Gasteiger partial charge in [0, 0.05) is 24.6 Å². The molecule has 1 aromatic heterocycles. The number of nitrogens with zero attached hydrogens (tertiary/aromatic N) is 3. The fourth-order valence-corrected chi connectivity index (χ4v) is 3.34. The Morgan fingerprint density at radius 1 is 1.13 bits per heavy atom. The lowest BCUT2D eigenvalue weighted by molar-refractivity contribution is -0.385. The first-order valence-corrected chi connectivity index (χ1v) is 10.4. The largest absolute Gasteiger partial charge is 0.407 e. The van der Waals surface area contributed by atoms with Crippen molar-refractivity contribution in [3.8, 4) is 5.88 Å². The molecular weight excluding hydrogens is 398 g/mol. The predicted octanol–water partition coefficient (Wildman–Crippen LogP) is 5.26. The molecule has 0 atom stereocenters. The molecule has 0 spiro atoms. The Kier molecular flexibility index (Phi) is 7.85. The predicted molar refractivity (Wildman–Crippen MR) is 118 cm³/mol. The smallest absolute Gasteiger partial charge is 0.312 e. The molecule has 0 radical (unpaired) electrons. The van der Waals surface area contributed by atoms with Crippen LogP contribution in [0.1, 0.15) is 80.9 Å². The summed E-state index contributed by atoms with van der Waals surface area (Å²) in [5.41, 5.74) is 3.02. The number of carbonyl (C=O) groups is 2. The molecule has 2 aromatic rings. The highest BCUT2D eigenvalue weighted by molar-refractivity contribution is 6.12. The molecule has 0 aliphatic carbocycles. The number of nitro benzene ring substituents is 1. The number of esters is 1. The number of hydrogen-bond donors (Lipinski definition) is 0. The minimum Gasteiger partial charge on any atom is -0.407 e. The average Bonchev–Trinajstić information content (AvgIpc) is 3.09. The maximum absolute atomic E-state index is 13.4. The van der Waals surface area contributed by atoms with Gasteiger partial charge in [-0.1, -0.05) is 19.4 Å². The van der Waals surface area contributed by atoms with Crippen molar-refractivity contribution in [1.82, 2.24) is 9.78 Å². The zero-order chi connectivity index (χ0) is 23.3. The lowest BCUT2D eigenvalue weighted by atomic mass is 9.90. The van der Waals surface area contributed by atoms with Crippen molar-refractivity contribution in [1.29, 1.82) is 0 Å². The third-order valence-corrected chi connectivity index (χ3v) is 5.15. The number of nitro groups is 1. The fraction of sp³-hybridized carbons (Fsp3) is 0.435. The summed E-state index contributed by atoms with van der Waals surface area (Å²) in [6.07, 6.45) is 2.98. The van der Waals surface area contributed by atoms with Crippen molar-refractivity contribution < 1.29 is 19.2 Å². The highest BCUT2D eigenvalue weighted by Gasteiger charge is 2.27. The van der Waals surface area contributed by atoms with Crippen molar-refractivity contribution in [2.45, 2.75) is 67.3 Å². The molecule has 1 aromatic carbocycles. The molecule has 166 valence electrons. The van der Waals surface area contributed by atoms with E-state index in [-0.39, 0.29) is 23.6 Å².